The standard InChI is InChI=1S/C22H22N4OS/c1-25-21(19-10-6-3-7-11-19)23-24-22(25)28-16-20(27)26-14-12-18(13-15-26)17-8-4-2-5-9-17/h2-12H,13-16H2,1H3. The fourth-order valence-corrected chi connectivity index (χ4v) is 4.12. The molecule has 0 saturated heterocycles. The first-order chi connectivity index (χ1) is 13.7. The van der Waals surface area contributed by atoms with E-state index in [1.54, 1.807) is 0 Å². The lowest BCUT2D eigenvalue weighted by molar-refractivity contribution is -0.127. The summed E-state index contributed by atoms with van der Waals surface area (Å²) < 4.78 is 1.94. The van der Waals surface area contributed by atoms with Crippen LogP contribution in [-0.4, -0.2) is 44.4 Å². The Balaban J connectivity index is 1.36. The van der Waals surface area contributed by atoms with E-state index >= 15 is 0 Å². The van der Waals surface area contributed by atoms with Gasteiger partial charge in [-0.05, 0) is 17.6 Å². The van der Waals surface area contributed by atoms with Gasteiger partial charge in [-0.15, -0.1) is 10.2 Å². The number of nitrogens with zero attached hydrogens (tertiary/aromatic N) is 4. The normalized spacial score (nSPS) is 14.0. The van der Waals surface area contributed by atoms with Gasteiger partial charge in [-0.3, -0.25) is 4.79 Å². The molecule has 4 rings (SSSR count). The van der Waals surface area contributed by atoms with Gasteiger partial charge in [0.1, 0.15) is 0 Å². The summed E-state index contributed by atoms with van der Waals surface area (Å²) in [6, 6.07) is 20.3. The highest BCUT2D eigenvalue weighted by Crippen LogP contribution is 2.25. The molecular formula is C22H22N4OS. The Bertz CT molecular complexity index is 982. The molecule has 5 nitrogen and oxygen atoms in total. The molecule has 0 aliphatic carbocycles. The molecule has 0 atom stereocenters. The summed E-state index contributed by atoms with van der Waals surface area (Å²) in [5.41, 5.74) is 3.58. The van der Waals surface area contributed by atoms with Crippen LogP contribution < -0.4 is 0 Å². The highest BCUT2D eigenvalue weighted by molar-refractivity contribution is 7.99. The topological polar surface area (TPSA) is 51.0 Å². The van der Waals surface area contributed by atoms with Gasteiger partial charge in [0.2, 0.25) is 5.91 Å². The highest BCUT2D eigenvalue weighted by Gasteiger charge is 2.19. The second-order valence-corrected chi connectivity index (χ2v) is 7.65. The average Bonchev–Trinajstić information content (AvgIpc) is 3.13. The third-order valence-electron chi connectivity index (χ3n) is 4.90. The number of hydrogen-bond acceptors (Lipinski definition) is 4. The molecule has 3 aromatic rings. The number of hydrogen-bond donors (Lipinski definition) is 0. The van der Waals surface area contributed by atoms with Crippen LogP contribution in [0.5, 0.6) is 0 Å². The predicted molar refractivity (Wildman–Crippen MR) is 113 cm³/mol. The maximum Gasteiger partial charge on any atom is 0.233 e. The fourth-order valence-electron chi connectivity index (χ4n) is 3.31. The lowest BCUT2D eigenvalue weighted by atomic mass is 10.00. The number of benzene rings is 2. The molecule has 142 valence electrons. The molecular weight excluding hydrogens is 368 g/mol. The van der Waals surface area contributed by atoms with Crippen LogP contribution in [0.2, 0.25) is 0 Å². The summed E-state index contributed by atoms with van der Waals surface area (Å²) in [7, 11) is 1.94. The van der Waals surface area contributed by atoms with Gasteiger partial charge in [0.05, 0.1) is 5.75 Å². The largest absolute Gasteiger partial charge is 0.338 e. The first-order valence-electron chi connectivity index (χ1n) is 9.32. The molecule has 0 spiro atoms. The quantitative estimate of drug-likeness (QED) is 0.620. The molecule has 28 heavy (non-hydrogen) atoms. The van der Waals surface area contributed by atoms with E-state index in [0.717, 1.165) is 29.5 Å². The van der Waals surface area contributed by atoms with Crippen LogP contribution in [0.1, 0.15) is 12.0 Å². The van der Waals surface area contributed by atoms with Crippen molar-refractivity contribution in [2.24, 2.45) is 7.05 Å². The summed E-state index contributed by atoms with van der Waals surface area (Å²) in [4.78, 5) is 14.5. The Kier molecular flexibility index (Phi) is 5.58. The van der Waals surface area contributed by atoms with Crippen molar-refractivity contribution in [2.45, 2.75) is 11.6 Å². The summed E-state index contributed by atoms with van der Waals surface area (Å²) >= 11 is 1.44. The minimum Gasteiger partial charge on any atom is -0.338 e. The number of thioether (sulfide) groups is 1. The van der Waals surface area contributed by atoms with Crippen LogP contribution in [0.15, 0.2) is 71.9 Å². The summed E-state index contributed by atoms with van der Waals surface area (Å²) in [6.45, 7) is 1.42. The van der Waals surface area contributed by atoms with E-state index in [9.17, 15) is 4.79 Å². The first kappa shape index (κ1) is 18.5. The van der Waals surface area contributed by atoms with E-state index in [0.29, 0.717) is 12.3 Å². The summed E-state index contributed by atoms with van der Waals surface area (Å²) in [5, 5.41) is 9.29. The molecule has 2 heterocycles. The van der Waals surface area contributed by atoms with Crippen LogP contribution in [0.25, 0.3) is 17.0 Å². The van der Waals surface area contributed by atoms with Gasteiger partial charge in [0.15, 0.2) is 11.0 Å². The minimum atomic E-state index is 0.137. The smallest absolute Gasteiger partial charge is 0.233 e. The van der Waals surface area contributed by atoms with Gasteiger partial charge < -0.3 is 9.47 Å². The molecule has 6 heteroatoms. The number of rotatable bonds is 5. The van der Waals surface area contributed by atoms with Gasteiger partial charge in [-0.2, -0.15) is 0 Å². The van der Waals surface area contributed by atoms with E-state index in [-0.39, 0.29) is 5.91 Å². The number of amides is 1. The lowest BCUT2D eigenvalue weighted by Crippen LogP contribution is -2.35. The molecule has 0 radical (unpaired) electrons. The molecule has 0 bridgehead atoms. The molecule has 0 N–H and O–H groups in total. The zero-order valence-electron chi connectivity index (χ0n) is 15.8. The highest BCUT2D eigenvalue weighted by atomic mass is 32.2. The van der Waals surface area contributed by atoms with Gasteiger partial charge >= 0.3 is 0 Å². The Morgan fingerprint density at radius 3 is 2.32 bits per heavy atom. The molecule has 1 amide bonds. The second-order valence-electron chi connectivity index (χ2n) is 6.71. The SMILES string of the molecule is Cn1c(SCC(=O)N2CC=C(c3ccccc3)CC2)nnc1-c1ccccc1. The maximum atomic E-state index is 12.6. The lowest BCUT2D eigenvalue weighted by Gasteiger charge is -2.26. The predicted octanol–water partition coefficient (Wildman–Crippen LogP) is 3.89. The van der Waals surface area contributed by atoms with Gasteiger partial charge in [-0.1, -0.05) is 78.5 Å². The summed E-state index contributed by atoms with van der Waals surface area (Å²) in [6.07, 6.45) is 3.06. The van der Waals surface area contributed by atoms with Crippen LogP contribution in [0, 0.1) is 0 Å². The monoisotopic (exact) mass is 390 g/mol. The molecule has 1 aliphatic heterocycles. The van der Waals surface area contributed by atoms with Crippen molar-refractivity contribution in [1.29, 1.82) is 0 Å². The van der Waals surface area contributed by atoms with Crippen molar-refractivity contribution in [3.05, 3.63) is 72.3 Å². The molecule has 0 saturated carbocycles. The maximum absolute atomic E-state index is 12.6. The molecule has 2 aromatic carbocycles. The number of carbonyl (C=O) groups excluding carboxylic acids is 1. The van der Waals surface area contributed by atoms with Gasteiger partial charge in [0.25, 0.3) is 0 Å². The third-order valence-corrected chi connectivity index (χ3v) is 5.90. The zero-order valence-corrected chi connectivity index (χ0v) is 16.6. The van der Waals surface area contributed by atoms with E-state index < -0.39 is 0 Å². The molecule has 0 fully saturated rings. The molecule has 1 aliphatic rings. The van der Waals surface area contributed by atoms with Crippen molar-refractivity contribution >= 4 is 23.2 Å². The summed E-state index contributed by atoms with van der Waals surface area (Å²) in [5.74, 6) is 1.32. The van der Waals surface area contributed by atoms with Crippen molar-refractivity contribution in [3.63, 3.8) is 0 Å². The van der Waals surface area contributed by atoms with E-state index in [2.05, 4.69) is 40.5 Å². The Morgan fingerprint density at radius 2 is 1.68 bits per heavy atom. The zero-order chi connectivity index (χ0) is 19.3. The van der Waals surface area contributed by atoms with E-state index in [4.69, 9.17) is 0 Å². The molecule has 0 unspecified atom stereocenters. The Labute approximate surface area is 169 Å². The molecule has 1 aromatic heterocycles. The number of carbonyl (C=O) groups is 1. The van der Waals surface area contributed by atoms with Crippen molar-refractivity contribution < 1.29 is 4.79 Å². The van der Waals surface area contributed by atoms with E-state index in [1.165, 1.54) is 22.9 Å². The van der Waals surface area contributed by atoms with E-state index in [1.807, 2.05) is 52.9 Å². The van der Waals surface area contributed by atoms with Crippen molar-refractivity contribution in [3.8, 4) is 11.4 Å². The van der Waals surface area contributed by atoms with Gasteiger partial charge in [0, 0.05) is 25.7 Å². The van der Waals surface area contributed by atoms with Crippen LogP contribution >= 0.6 is 11.8 Å². The minimum absolute atomic E-state index is 0.137. The van der Waals surface area contributed by atoms with Gasteiger partial charge in [-0.25, -0.2) is 0 Å². The Hall–Kier alpha value is -2.86. The first-order valence-corrected chi connectivity index (χ1v) is 10.3. The van der Waals surface area contributed by atoms with Crippen LogP contribution in [0.4, 0.5) is 0 Å². The van der Waals surface area contributed by atoms with Crippen LogP contribution in [0.3, 0.4) is 0 Å². The number of aromatic nitrogens is 3. The fraction of sp³-hybridized carbons (Fsp3) is 0.227. The van der Waals surface area contributed by atoms with Crippen molar-refractivity contribution in [2.75, 3.05) is 18.8 Å². The van der Waals surface area contributed by atoms with Crippen molar-refractivity contribution in [1.82, 2.24) is 19.7 Å². The van der Waals surface area contributed by atoms with Crippen LogP contribution in [-0.2, 0) is 11.8 Å². The third kappa shape index (κ3) is 4.02. The Morgan fingerprint density at radius 1 is 1.00 bits per heavy atom. The second kappa shape index (κ2) is 8.44. The average molecular weight is 391 g/mol.